The highest BCUT2D eigenvalue weighted by Crippen LogP contribution is 2.15. The Hall–Kier alpha value is -1.10. The van der Waals surface area contributed by atoms with E-state index in [-0.39, 0.29) is 6.10 Å². The molecule has 0 saturated carbocycles. The Morgan fingerprint density at radius 2 is 2.28 bits per heavy atom. The van der Waals surface area contributed by atoms with Gasteiger partial charge in [0.15, 0.2) is 0 Å². The van der Waals surface area contributed by atoms with Crippen molar-refractivity contribution >= 4 is 17.2 Å². The number of piperidine rings is 1. The minimum atomic E-state index is -0.190. The molecule has 3 heterocycles. The van der Waals surface area contributed by atoms with Crippen LogP contribution in [0.2, 0.25) is 5.02 Å². The molecule has 1 aliphatic heterocycles. The molecule has 96 valence electrons. The van der Waals surface area contributed by atoms with Crippen molar-refractivity contribution in [3.63, 3.8) is 0 Å². The van der Waals surface area contributed by atoms with E-state index in [2.05, 4.69) is 9.88 Å². The number of β-amino-alcohol motifs (C(OH)–C–C–N with tert-alkyl or cyclic N) is 1. The minimum absolute atomic E-state index is 0.190. The number of nitrogens with zero attached hydrogens (tertiary/aromatic N) is 3. The second-order valence-electron chi connectivity index (χ2n) is 4.88. The fourth-order valence-corrected chi connectivity index (χ4v) is 2.67. The van der Waals surface area contributed by atoms with Crippen molar-refractivity contribution in [1.29, 1.82) is 0 Å². The number of likely N-dealkylation sites (tertiary alicyclic amines) is 1. The number of rotatable bonds is 2. The number of fused-ring (bicyclic) bond motifs is 1. The number of hydrogen-bond acceptors (Lipinski definition) is 3. The molecule has 1 N–H and O–H groups in total. The summed E-state index contributed by atoms with van der Waals surface area (Å²) in [5, 5.41) is 10.4. The molecule has 18 heavy (non-hydrogen) atoms. The molecule has 0 unspecified atom stereocenters. The van der Waals surface area contributed by atoms with Crippen molar-refractivity contribution in [3.05, 3.63) is 35.2 Å². The summed E-state index contributed by atoms with van der Waals surface area (Å²) in [6, 6.07) is 3.76. The first-order valence-electron chi connectivity index (χ1n) is 6.24. The molecule has 1 aliphatic rings. The quantitative estimate of drug-likeness (QED) is 0.902. The van der Waals surface area contributed by atoms with Gasteiger partial charge in [-0.25, -0.2) is 4.98 Å². The average molecular weight is 266 g/mol. The zero-order valence-electron chi connectivity index (χ0n) is 10.1. The summed E-state index contributed by atoms with van der Waals surface area (Å²) >= 11 is 5.95. The van der Waals surface area contributed by atoms with Gasteiger partial charge in [0.05, 0.1) is 16.8 Å². The molecular weight excluding hydrogens is 250 g/mol. The Morgan fingerprint density at radius 3 is 3.11 bits per heavy atom. The van der Waals surface area contributed by atoms with Crippen LogP contribution in [0.25, 0.3) is 5.65 Å². The number of imidazole rings is 1. The Morgan fingerprint density at radius 1 is 1.39 bits per heavy atom. The summed E-state index contributed by atoms with van der Waals surface area (Å²) in [6.07, 6.45) is 5.64. The number of halogens is 1. The second kappa shape index (κ2) is 4.88. The van der Waals surface area contributed by atoms with Crippen LogP contribution in [0.1, 0.15) is 18.5 Å². The molecule has 4 nitrogen and oxygen atoms in total. The van der Waals surface area contributed by atoms with Crippen LogP contribution in [-0.4, -0.2) is 38.6 Å². The lowest BCUT2D eigenvalue weighted by Crippen LogP contribution is -2.37. The number of aliphatic hydroxyl groups excluding tert-OH is 1. The van der Waals surface area contributed by atoms with Gasteiger partial charge in [0.25, 0.3) is 0 Å². The Bertz CT molecular complexity index is 554. The zero-order chi connectivity index (χ0) is 12.5. The van der Waals surface area contributed by atoms with Gasteiger partial charge in [0.1, 0.15) is 5.65 Å². The van der Waals surface area contributed by atoms with E-state index < -0.39 is 0 Å². The third kappa shape index (κ3) is 2.51. The number of aromatic nitrogens is 2. The number of hydrogen-bond donors (Lipinski definition) is 1. The van der Waals surface area contributed by atoms with Crippen molar-refractivity contribution in [2.45, 2.75) is 25.5 Å². The molecule has 0 aromatic carbocycles. The molecule has 0 radical (unpaired) electrons. The van der Waals surface area contributed by atoms with Gasteiger partial charge in [-0.05, 0) is 31.5 Å². The van der Waals surface area contributed by atoms with E-state index in [9.17, 15) is 5.11 Å². The molecule has 2 aromatic heterocycles. The Kier molecular flexibility index (Phi) is 3.24. The topological polar surface area (TPSA) is 40.8 Å². The predicted octanol–water partition coefficient (Wildman–Crippen LogP) is 1.94. The molecule has 3 rings (SSSR count). The molecule has 0 amide bonds. The van der Waals surface area contributed by atoms with Gasteiger partial charge in [0.2, 0.25) is 0 Å². The summed E-state index contributed by atoms with van der Waals surface area (Å²) < 4.78 is 1.94. The van der Waals surface area contributed by atoms with Gasteiger partial charge < -0.3 is 9.51 Å². The lowest BCUT2D eigenvalue weighted by Gasteiger charge is -2.29. The number of aliphatic hydroxyl groups is 1. The first-order chi connectivity index (χ1) is 8.70. The lowest BCUT2D eigenvalue weighted by atomic mass is 10.1. The van der Waals surface area contributed by atoms with E-state index in [0.717, 1.165) is 43.8 Å². The SMILES string of the molecule is O[C@H]1CCCN(Cc2cn3cc(Cl)ccc3n2)C1. The molecular formula is C13H16ClN3O. The Balaban J connectivity index is 1.78. The van der Waals surface area contributed by atoms with Crippen molar-refractivity contribution in [3.8, 4) is 0 Å². The van der Waals surface area contributed by atoms with E-state index in [1.807, 2.05) is 28.9 Å². The second-order valence-corrected chi connectivity index (χ2v) is 5.31. The minimum Gasteiger partial charge on any atom is -0.392 e. The molecule has 0 bridgehead atoms. The standard InChI is InChI=1S/C13H16ClN3O/c14-10-3-4-13-15-11(8-17(13)6-10)7-16-5-1-2-12(18)9-16/h3-4,6,8,12,18H,1-2,5,7,9H2/t12-/m0/s1. The highest BCUT2D eigenvalue weighted by molar-refractivity contribution is 6.30. The van der Waals surface area contributed by atoms with Crippen LogP contribution in [0.4, 0.5) is 0 Å². The Labute approximate surface area is 111 Å². The normalized spacial score (nSPS) is 21.6. The van der Waals surface area contributed by atoms with Crippen molar-refractivity contribution in [1.82, 2.24) is 14.3 Å². The van der Waals surface area contributed by atoms with Crippen molar-refractivity contribution < 1.29 is 5.11 Å². The van der Waals surface area contributed by atoms with Crippen LogP contribution in [0.3, 0.4) is 0 Å². The molecule has 0 spiro atoms. The van der Waals surface area contributed by atoms with E-state index in [1.165, 1.54) is 0 Å². The van der Waals surface area contributed by atoms with Crippen molar-refractivity contribution in [2.75, 3.05) is 13.1 Å². The van der Waals surface area contributed by atoms with Gasteiger partial charge in [-0.1, -0.05) is 11.6 Å². The average Bonchev–Trinajstić information content (AvgIpc) is 2.70. The van der Waals surface area contributed by atoms with Crippen LogP contribution in [-0.2, 0) is 6.54 Å². The van der Waals surface area contributed by atoms with E-state index in [0.29, 0.717) is 5.02 Å². The zero-order valence-corrected chi connectivity index (χ0v) is 10.8. The van der Waals surface area contributed by atoms with Crippen LogP contribution in [0, 0.1) is 0 Å². The first kappa shape index (κ1) is 12.0. The maximum absolute atomic E-state index is 9.65. The van der Waals surface area contributed by atoms with Crippen LogP contribution in [0.15, 0.2) is 24.5 Å². The third-order valence-electron chi connectivity index (χ3n) is 3.33. The first-order valence-corrected chi connectivity index (χ1v) is 6.62. The monoisotopic (exact) mass is 265 g/mol. The summed E-state index contributed by atoms with van der Waals surface area (Å²) in [4.78, 5) is 6.80. The van der Waals surface area contributed by atoms with Gasteiger partial charge in [0, 0.05) is 25.5 Å². The van der Waals surface area contributed by atoms with Crippen molar-refractivity contribution in [2.24, 2.45) is 0 Å². The van der Waals surface area contributed by atoms with E-state index in [1.54, 1.807) is 0 Å². The maximum atomic E-state index is 9.65. The van der Waals surface area contributed by atoms with Crippen LogP contribution in [0.5, 0.6) is 0 Å². The predicted molar refractivity (Wildman–Crippen MR) is 70.7 cm³/mol. The summed E-state index contributed by atoms with van der Waals surface area (Å²) in [6.45, 7) is 2.57. The van der Waals surface area contributed by atoms with E-state index in [4.69, 9.17) is 11.6 Å². The summed E-state index contributed by atoms with van der Waals surface area (Å²) in [5.41, 5.74) is 1.93. The fraction of sp³-hybridized carbons (Fsp3) is 0.462. The number of pyridine rings is 1. The van der Waals surface area contributed by atoms with Gasteiger partial charge in [-0.3, -0.25) is 4.90 Å². The van der Waals surface area contributed by atoms with Gasteiger partial charge in [-0.2, -0.15) is 0 Å². The van der Waals surface area contributed by atoms with Crippen LogP contribution >= 0.6 is 11.6 Å². The molecule has 0 aliphatic carbocycles. The lowest BCUT2D eigenvalue weighted by molar-refractivity contribution is 0.0663. The summed E-state index contributed by atoms with van der Waals surface area (Å²) in [5.74, 6) is 0. The fourth-order valence-electron chi connectivity index (χ4n) is 2.50. The summed E-state index contributed by atoms with van der Waals surface area (Å²) in [7, 11) is 0. The van der Waals surface area contributed by atoms with Gasteiger partial charge in [-0.15, -0.1) is 0 Å². The van der Waals surface area contributed by atoms with Gasteiger partial charge >= 0.3 is 0 Å². The maximum Gasteiger partial charge on any atom is 0.137 e. The highest BCUT2D eigenvalue weighted by atomic mass is 35.5. The largest absolute Gasteiger partial charge is 0.392 e. The molecule has 2 aromatic rings. The molecule has 1 saturated heterocycles. The van der Waals surface area contributed by atoms with E-state index >= 15 is 0 Å². The molecule has 1 atom stereocenters. The smallest absolute Gasteiger partial charge is 0.137 e. The third-order valence-corrected chi connectivity index (χ3v) is 3.55. The molecule has 5 heteroatoms. The highest BCUT2D eigenvalue weighted by Gasteiger charge is 2.18. The van der Waals surface area contributed by atoms with Crippen LogP contribution < -0.4 is 0 Å². The molecule has 1 fully saturated rings.